The number of hydrogen-bond acceptors (Lipinski definition) is 5. The van der Waals surface area contributed by atoms with Gasteiger partial charge in [-0.1, -0.05) is 32.9 Å². The molecular formula is C17H24IN5O3. The van der Waals surface area contributed by atoms with Crippen LogP contribution < -0.4 is 10.6 Å². The number of guanidine groups is 1. The quantitative estimate of drug-likeness (QED) is 0.227. The number of hydrogen-bond donors (Lipinski definition) is 2. The maximum atomic E-state index is 10.8. The summed E-state index contributed by atoms with van der Waals surface area (Å²) in [6, 6.07) is 6.47. The molecule has 1 heterocycles. The van der Waals surface area contributed by atoms with E-state index >= 15 is 0 Å². The van der Waals surface area contributed by atoms with Crippen LogP contribution in [-0.2, 0) is 18.5 Å². The van der Waals surface area contributed by atoms with Gasteiger partial charge >= 0.3 is 0 Å². The molecule has 0 radical (unpaired) electrons. The second-order valence-corrected chi connectivity index (χ2v) is 6.57. The van der Waals surface area contributed by atoms with Gasteiger partial charge in [-0.2, -0.15) is 0 Å². The topological polar surface area (TPSA) is 106 Å². The maximum absolute atomic E-state index is 10.8. The Balaban J connectivity index is 0.00000338. The van der Waals surface area contributed by atoms with Crippen molar-refractivity contribution < 1.29 is 9.34 Å². The number of aliphatic imine (C=N–C) groups is 1. The highest BCUT2D eigenvalue weighted by molar-refractivity contribution is 14.0. The van der Waals surface area contributed by atoms with Gasteiger partial charge in [-0.15, -0.1) is 24.0 Å². The minimum atomic E-state index is -0.411. The molecule has 0 bridgehead atoms. The zero-order valence-corrected chi connectivity index (χ0v) is 17.6. The number of nitrogens with zero attached hydrogens (tertiary/aromatic N) is 3. The fourth-order valence-electron chi connectivity index (χ4n) is 2.08. The predicted molar refractivity (Wildman–Crippen MR) is 111 cm³/mol. The maximum Gasteiger partial charge on any atom is 0.269 e. The van der Waals surface area contributed by atoms with Crippen molar-refractivity contribution in [3.63, 3.8) is 0 Å². The van der Waals surface area contributed by atoms with Crippen molar-refractivity contribution in [2.75, 3.05) is 7.05 Å². The number of nitro groups is 1. The molecule has 0 spiro atoms. The van der Waals surface area contributed by atoms with Crippen LogP contribution in [-0.4, -0.2) is 22.9 Å². The molecule has 0 atom stereocenters. The van der Waals surface area contributed by atoms with Crippen LogP contribution in [0.3, 0.4) is 0 Å². The first kappa shape index (κ1) is 21.9. The summed E-state index contributed by atoms with van der Waals surface area (Å²) >= 11 is 0. The zero-order chi connectivity index (χ0) is 18.4. The Labute approximate surface area is 169 Å². The summed E-state index contributed by atoms with van der Waals surface area (Å²) in [6.07, 6.45) is 1.73. The number of oxazole rings is 1. The molecule has 2 N–H and O–H groups in total. The highest BCUT2D eigenvalue weighted by Gasteiger charge is 2.19. The standard InChI is InChI=1S/C17H23N5O3.HI/c1-17(2,3)14-10-19-15(25-14)11-21-16(18-4)20-9-12-6-5-7-13(8-12)22(23)24;/h5-8,10H,9,11H2,1-4H3,(H2,18,20,21);1H. The Kier molecular flexibility index (Phi) is 8.00. The lowest BCUT2D eigenvalue weighted by Crippen LogP contribution is -2.36. The van der Waals surface area contributed by atoms with E-state index in [1.54, 1.807) is 19.3 Å². The van der Waals surface area contributed by atoms with E-state index in [1.807, 2.05) is 6.07 Å². The van der Waals surface area contributed by atoms with Crippen LogP contribution in [0, 0.1) is 10.1 Å². The lowest BCUT2D eigenvalue weighted by atomic mass is 9.94. The Morgan fingerprint density at radius 2 is 2.00 bits per heavy atom. The summed E-state index contributed by atoms with van der Waals surface area (Å²) in [5, 5.41) is 17.0. The number of non-ortho nitro benzene ring substituents is 1. The summed E-state index contributed by atoms with van der Waals surface area (Å²) in [4.78, 5) is 18.8. The van der Waals surface area contributed by atoms with Gasteiger partial charge in [0.25, 0.3) is 5.69 Å². The molecule has 0 fully saturated rings. The number of nitrogens with one attached hydrogen (secondary N) is 2. The van der Waals surface area contributed by atoms with Gasteiger partial charge in [-0.05, 0) is 5.56 Å². The lowest BCUT2D eigenvalue weighted by molar-refractivity contribution is -0.384. The third-order valence-electron chi connectivity index (χ3n) is 3.50. The molecule has 0 saturated heterocycles. The van der Waals surface area contributed by atoms with Crippen LogP contribution in [0.1, 0.15) is 38.0 Å². The van der Waals surface area contributed by atoms with E-state index in [9.17, 15) is 10.1 Å². The number of halogens is 1. The first-order valence-corrected chi connectivity index (χ1v) is 7.92. The monoisotopic (exact) mass is 473 g/mol. The highest BCUT2D eigenvalue weighted by Crippen LogP contribution is 2.22. The summed E-state index contributed by atoms with van der Waals surface area (Å²) in [7, 11) is 1.65. The van der Waals surface area contributed by atoms with Crippen molar-refractivity contribution in [2.24, 2.45) is 4.99 Å². The number of benzene rings is 1. The van der Waals surface area contributed by atoms with Crippen LogP contribution >= 0.6 is 24.0 Å². The first-order chi connectivity index (χ1) is 11.8. The normalized spacial score (nSPS) is 11.6. The van der Waals surface area contributed by atoms with Crippen LogP contribution in [0.5, 0.6) is 0 Å². The van der Waals surface area contributed by atoms with Gasteiger partial charge in [-0.3, -0.25) is 15.1 Å². The van der Waals surface area contributed by atoms with Crippen LogP contribution in [0.15, 0.2) is 39.9 Å². The summed E-state index contributed by atoms with van der Waals surface area (Å²) in [5.74, 6) is 1.95. The Bertz CT molecular complexity index is 768. The summed E-state index contributed by atoms with van der Waals surface area (Å²) in [5.41, 5.74) is 0.771. The SMILES string of the molecule is CN=C(NCc1cccc([N+](=O)[O-])c1)NCc1ncc(C(C)(C)C)o1.I. The zero-order valence-electron chi connectivity index (χ0n) is 15.3. The molecule has 2 rings (SSSR count). The van der Waals surface area contributed by atoms with Crippen LogP contribution in [0.4, 0.5) is 5.69 Å². The molecule has 0 aliphatic carbocycles. The van der Waals surface area contributed by atoms with Crippen LogP contribution in [0.2, 0.25) is 0 Å². The number of rotatable bonds is 5. The van der Waals surface area contributed by atoms with Crippen molar-refractivity contribution >= 4 is 35.6 Å². The molecule has 0 aliphatic heterocycles. The molecule has 0 amide bonds. The number of aromatic nitrogens is 1. The van der Waals surface area contributed by atoms with Gasteiger partial charge in [0.2, 0.25) is 5.89 Å². The van der Waals surface area contributed by atoms with E-state index in [2.05, 4.69) is 41.4 Å². The second kappa shape index (κ2) is 9.51. The van der Waals surface area contributed by atoms with Crippen molar-refractivity contribution in [3.05, 3.63) is 57.8 Å². The Hall–Kier alpha value is -2.17. The van der Waals surface area contributed by atoms with Crippen molar-refractivity contribution in [1.29, 1.82) is 0 Å². The van der Waals surface area contributed by atoms with Gasteiger partial charge in [0.15, 0.2) is 5.96 Å². The van der Waals surface area contributed by atoms with Gasteiger partial charge in [0.1, 0.15) is 5.76 Å². The molecular weight excluding hydrogens is 449 g/mol. The summed E-state index contributed by atoms with van der Waals surface area (Å²) in [6.45, 7) is 6.99. The van der Waals surface area contributed by atoms with E-state index < -0.39 is 4.92 Å². The minimum absolute atomic E-state index is 0. The van der Waals surface area contributed by atoms with E-state index in [4.69, 9.17) is 4.42 Å². The van der Waals surface area contributed by atoms with Crippen LogP contribution in [0.25, 0.3) is 0 Å². The fourth-order valence-corrected chi connectivity index (χ4v) is 2.08. The third-order valence-corrected chi connectivity index (χ3v) is 3.50. The van der Waals surface area contributed by atoms with Gasteiger partial charge in [0.05, 0.1) is 17.7 Å². The molecule has 0 saturated carbocycles. The summed E-state index contributed by atoms with van der Waals surface area (Å²) < 4.78 is 5.72. The van der Waals surface area contributed by atoms with Crippen molar-refractivity contribution in [3.8, 4) is 0 Å². The Morgan fingerprint density at radius 3 is 2.58 bits per heavy atom. The average molecular weight is 473 g/mol. The van der Waals surface area contributed by atoms with Gasteiger partial charge in [0, 0.05) is 31.1 Å². The molecule has 9 heteroatoms. The van der Waals surface area contributed by atoms with Gasteiger partial charge in [-0.25, -0.2) is 4.98 Å². The molecule has 0 unspecified atom stereocenters. The minimum Gasteiger partial charge on any atom is -0.443 e. The van der Waals surface area contributed by atoms with E-state index in [0.717, 1.165) is 11.3 Å². The average Bonchev–Trinajstić information content (AvgIpc) is 3.04. The smallest absolute Gasteiger partial charge is 0.269 e. The Morgan fingerprint density at radius 1 is 1.31 bits per heavy atom. The third kappa shape index (κ3) is 6.28. The predicted octanol–water partition coefficient (Wildman–Crippen LogP) is 3.36. The molecule has 2 aromatic rings. The molecule has 26 heavy (non-hydrogen) atoms. The van der Waals surface area contributed by atoms with E-state index in [1.165, 1.54) is 12.1 Å². The molecule has 1 aromatic heterocycles. The molecule has 0 aliphatic rings. The van der Waals surface area contributed by atoms with Crippen molar-refractivity contribution in [2.45, 2.75) is 39.3 Å². The molecule has 142 valence electrons. The first-order valence-electron chi connectivity index (χ1n) is 7.92. The largest absolute Gasteiger partial charge is 0.443 e. The highest BCUT2D eigenvalue weighted by atomic mass is 127. The second-order valence-electron chi connectivity index (χ2n) is 6.57. The fraction of sp³-hybridized carbons (Fsp3) is 0.412. The molecule has 1 aromatic carbocycles. The lowest BCUT2D eigenvalue weighted by Gasteiger charge is -2.13. The number of nitro benzene ring substituents is 1. The van der Waals surface area contributed by atoms with Gasteiger partial charge < -0.3 is 15.1 Å². The van der Waals surface area contributed by atoms with E-state index in [-0.39, 0.29) is 35.1 Å². The van der Waals surface area contributed by atoms with E-state index in [0.29, 0.717) is 24.9 Å². The molecule has 8 nitrogen and oxygen atoms in total. The van der Waals surface area contributed by atoms with Crippen molar-refractivity contribution in [1.82, 2.24) is 15.6 Å².